The Morgan fingerprint density at radius 1 is 1.21 bits per heavy atom. The lowest BCUT2D eigenvalue weighted by atomic mass is 10.1. The van der Waals surface area contributed by atoms with Crippen LogP contribution in [0.5, 0.6) is 5.75 Å². The summed E-state index contributed by atoms with van der Waals surface area (Å²) in [6, 6.07) is 6.14. The van der Waals surface area contributed by atoms with Gasteiger partial charge in [-0.1, -0.05) is 12.1 Å². The summed E-state index contributed by atoms with van der Waals surface area (Å²) in [4.78, 5) is 0. The molecule has 0 saturated carbocycles. The minimum absolute atomic E-state index is 0.718. The first-order chi connectivity index (χ1) is 6.75. The SMILES string of the molecule is Cc1cccc(OCCCCCl)c1C. The molecule has 0 radical (unpaired) electrons. The smallest absolute Gasteiger partial charge is 0.122 e. The van der Waals surface area contributed by atoms with Crippen molar-refractivity contribution in [2.45, 2.75) is 26.7 Å². The summed E-state index contributed by atoms with van der Waals surface area (Å²) in [6.45, 7) is 4.95. The van der Waals surface area contributed by atoms with Gasteiger partial charge in [0.2, 0.25) is 0 Å². The topological polar surface area (TPSA) is 9.23 Å². The summed E-state index contributed by atoms with van der Waals surface area (Å²) >= 11 is 5.58. The van der Waals surface area contributed by atoms with Gasteiger partial charge in [0, 0.05) is 5.88 Å². The van der Waals surface area contributed by atoms with Crippen LogP contribution in [0.15, 0.2) is 18.2 Å². The molecule has 0 aliphatic carbocycles. The minimum Gasteiger partial charge on any atom is -0.493 e. The first-order valence-corrected chi connectivity index (χ1v) is 5.54. The zero-order valence-corrected chi connectivity index (χ0v) is 9.60. The van der Waals surface area contributed by atoms with Crippen LogP contribution in [0, 0.1) is 13.8 Å². The van der Waals surface area contributed by atoms with Gasteiger partial charge in [0.05, 0.1) is 6.61 Å². The second-order valence-corrected chi connectivity index (χ2v) is 3.82. The molecule has 0 heterocycles. The second-order valence-electron chi connectivity index (χ2n) is 3.44. The van der Waals surface area contributed by atoms with Crippen LogP contribution in [0.2, 0.25) is 0 Å². The molecule has 0 fully saturated rings. The molecule has 0 saturated heterocycles. The third-order valence-electron chi connectivity index (χ3n) is 2.34. The van der Waals surface area contributed by atoms with Crippen LogP contribution in [0.3, 0.4) is 0 Å². The zero-order valence-electron chi connectivity index (χ0n) is 8.85. The summed E-state index contributed by atoms with van der Waals surface area (Å²) in [5.41, 5.74) is 2.51. The molecule has 0 spiro atoms. The van der Waals surface area contributed by atoms with Crippen molar-refractivity contribution >= 4 is 11.6 Å². The molecular weight excluding hydrogens is 196 g/mol. The molecule has 78 valence electrons. The van der Waals surface area contributed by atoms with Gasteiger partial charge in [0.25, 0.3) is 0 Å². The molecule has 1 aromatic rings. The van der Waals surface area contributed by atoms with E-state index in [1.54, 1.807) is 0 Å². The van der Waals surface area contributed by atoms with Crippen LogP contribution in [0.1, 0.15) is 24.0 Å². The monoisotopic (exact) mass is 212 g/mol. The average molecular weight is 213 g/mol. The van der Waals surface area contributed by atoms with Crippen LogP contribution in [0.25, 0.3) is 0 Å². The van der Waals surface area contributed by atoms with Crippen LogP contribution in [-0.4, -0.2) is 12.5 Å². The molecule has 1 nitrogen and oxygen atoms in total. The standard InChI is InChI=1S/C12H17ClO/c1-10-6-5-7-12(11(10)2)14-9-4-3-8-13/h5-7H,3-4,8-9H2,1-2H3. The first kappa shape index (κ1) is 11.4. The molecule has 0 atom stereocenters. The van der Waals surface area contributed by atoms with E-state index in [2.05, 4.69) is 19.9 Å². The molecule has 0 N–H and O–H groups in total. The van der Waals surface area contributed by atoms with Crippen LogP contribution >= 0.6 is 11.6 Å². The highest BCUT2D eigenvalue weighted by molar-refractivity contribution is 6.17. The number of unbranched alkanes of at least 4 members (excludes halogenated alkanes) is 1. The summed E-state index contributed by atoms with van der Waals surface area (Å²) < 4.78 is 5.66. The van der Waals surface area contributed by atoms with Crippen molar-refractivity contribution in [1.29, 1.82) is 0 Å². The van der Waals surface area contributed by atoms with Gasteiger partial charge in [-0.15, -0.1) is 11.6 Å². The van der Waals surface area contributed by atoms with Gasteiger partial charge in [0.1, 0.15) is 5.75 Å². The van der Waals surface area contributed by atoms with Gasteiger partial charge in [-0.05, 0) is 43.9 Å². The molecule has 0 aliphatic heterocycles. The molecule has 0 aromatic heterocycles. The van der Waals surface area contributed by atoms with Gasteiger partial charge in [-0.3, -0.25) is 0 Å². The maximum Gasteiger partial charge on any atom is 0.122 e. The fourth-order valence-electron chi connectivity index (χ4n) is 1.26. The quantitative estimate of drug-likeness (QED) is 0.534. The van der Waals surface area contributed by atoms with Gasteiger partial charge >= 0.3 is 0 Å². The number of aryl methyl sites for hydroxylation is 1. The lowest BCUT2D eigenvalue weighted by Crippen LogP contribution is -1.99. The number of alkyl halides is 1. The van der Waals surface area contributed by atoms with E-state index in [0.717, 1.165) is 31.1 Å². The Kier molecular flexibility index (Phi) is 4.81. The number of rotatable bonds is 5. The van der Waals surface area contributed by atoms with Crippen molar-refractivity contribution in [3.63, 3.8) is 0 Å². The van der Waals surface area contributed by atoms with E-state index in [0.29, 0.717) is 0 Å². The highest BCUT2D eigenvalue weighted by atomic mass is 35.5. The molecule has 1 aromatic carbocycles. The maximum atomic E-state index is 5.66. The Morgan fingerprint density at radius 2 is 2.00 bits per heavy atom. The molecule has 0 aliphatic rings. The summed E-state index contributed by atoms with van der Waals surface area (Å²) in [5.74, 6) is 1.72. The maximum absolute atomic E-state index is 5.66. The van der Waals surface area contributed by atoms with Crippen molar-refractivity contribution in [3.05, 3.63) is 29.3 Å². The predicted molar refractivity (Wildman–Crippen MR) is 61.4 cm³/mol. The second kappa shape index (κ2) is 5.92. The van der Waals surface area contributed by atoms with Crippen molar-refractivity contribution in [3.8, 4) is 5.75 Å². The fourth-order valence-corrected chi connectivity index (χ4v) is 1.45. The number of ether oxygens (including phenoxy) is 1. The van der Waals surface area contributed by atoms with Gasteiger partial charge in [0.15, 0.2) is 0 Å². The number of hydrogen-bond acceptors (Lipinski definition) is 1. The van der Waals surface area contributed by atoms with E-state index >= 15 is 0 Å². The Labute approximate surface area is 91.0 Å². The van der Waals surface area contributed by atoms with Crippen LogP contribution in [-0.2, 0) is 0 Å². The van der Waals surface area contributed by atoms with Gasteiger partial charge < -0.3 is 4.74 Å². The zero-order chi connectivity index (χ0) is 10.4. The summed E-state index contributed by atoms with van der Waals surface area (Å²) in [5, 5.41) is 0. The molecule has 0 amide bonds. The lowest BCUT2D eigenvalue weighted by molar-refractivity contribution is 0.307. The molecule has 0 unspecified atom stereocenters. The Hall–Kier alpha value is -0.690. The summed E-state index contributed by atoms with van der Waals surface area (Å²) in [6.07, 6.45) is 2.04. The van der Waals surface area contributed by atoms with E-state index in [1.807, 2.05) is 12.1 Å². The largest absolute Gasteiger partial charge is 0.493 e. The van der Waals surface area contributed by atoms with E-state index in [4.69, 9.17) is 16.3 Å². The van der Waals surface area contributed by atoms with E-state index < -0.39 is 0 Å². The Bertz CT molecular complexity index is 284. The normalized spacial score (nSPS) is 10.2. The third-order valence-corrected chi connectivity index (χ3v) is 2.61. The van der Waals surface area contributed by atoms with E-state index in [-0.39, 0.29) is 0 Å². The highest BCUT2D eigenvalue weighted by Gasteiger charge is 2.00. The van der Waals surface area contributed by atoms with Gasteiger partial charge in [-0.2, -0.15) is 0 Å². The van der Waals surface area contributed by atoms with Crippen molar-refractivity contribution in [2.24, 2.45) is 0 Å². The molecule has 0 bridgehead atoms. The van der Waals surface area contributed by atoms with Crippen LogP contribution < -0.4 is 4.74 Å². The average Bonchev–Trinajstić information content (AvgIpc) is 2.19. The molecule has 1 rings (SSSR count). The third kappa shape index (κ3) is 3.22. The highest BCUT2D eigenvalue weighted by Crippen LogP contribution is 2.20. The van der Waals surface area contributed by atoms with E-state index in [9.17, 15) is 0 Å². The lowest BCUT2D eigenvalue weighted by Gasteiger charge is -2.10. The minimum atomic E-state index is 0.718. The van der Waals surface area contributed by atoms with Crippen molar-refractivity contribution in [1.82, 2.24) is 0 Å². The first-order valence-electron chi connectivity index (χ1n) is 5.00. The van der Waals surface area contributed by atoms with Crippen molar-refractivity contribution < 1.29 is 4.74 Å². The fraction of sp³-hybridized carbons (Fsp3) is 0.500. The predicted octanol–water partition coefficient (Wildman–Crippen LogP) is 3.70. The Balaban J connectivity index is 2.46. The van der Waals surface area contributed by atoms with Crippen molar-refractivity contribution in [2.75, 3.05) is 12.5 Å². The number of halogens is 1. The Morgan fingerprint density at radius 3 is 2.71 bits per heavy atom. The van der Waals surface area contributed by atoms with Gasteiger partial charge in [-0.25, -0.2) is 0 Å². The molecular formula is C12H17ClO. The molecule has 14 heavy (non-hydrogen) atoms. The number of benzene rings is 1. The molecule has 2 heteroatoms. The number of hydrogen-bond donors (Lipinski definition) is 0. The van der Waals surface area contributed by atoms with Crippen LogP contribution in [0.4, 0.5) is 0 Å². The summed E-state index contributed by atoms with van der Waals surface area (Å²) in [7, 11) is 0. The van der Waals surface area contributed by atoms with E-state index in [1.165, 1.54) is 11.1 Å².